The Bertz CT molecular complexity index is 438. The van der Waals surface area contributed by atoms with Crippen LogP contribution in [0.15, 0.2) is 6.07 Å². The number of nitrogens with zero attached hydrogens (tertiary/aromatic N) is 1. The summed E-state index contributed by atoms with van der Waals surface area (Å²) in [5, 5.41) is 0. The quantitative estimate of drug-likeness (QED) is 0.604. The van der Waals surface area contributed by atoms with Gasteiger partial charge in [-0.05, 0) is 18.6 Å². The lowest BCUT2D eigenvalue weighted by atomic mass is 10.1. The van der Waals surface area contributed by atoms with Gasteiger partial charge in [0.05, 0.1) is 25.7 Å². The van der Waals surface area contributed by atoms with E-state index in [-0.39, 0.29) is 12.2 Å². The first-order valence-electron chi connectivity index (χ1n) is 5.16. The zero-order valence-corrected chi connectivity index (χ0v) is 9.87. The van der Waals surface area contributed by atoms with E-state index >= 15 is 0 Å². The fourth-order valence-corrected chi connectivity index (χ4v) is 1.45. The number of alkyl halides is 2. The fraction of sp³-hybridized carbons (Fsp3) is 0.455. The molecule has 0 aliphatic carbocycles. The van der Waals surface area contributed by atoms with Gasteiger partial charge in [0.2, 0.25) is 11.8 Å². The molecule has 0 spiro atoms. The van der Waals surface area contributed by atoms with Gasteiger partial charge in [0.1, 0.15) is 0 Å². The Labute approximate surface area is 102 Å². The highest BCUT2D eigenvalue weighted by Crippen LogP contribution is 2.31. The minimum absolute atomic E-state index is 0.119. The second-order valence-electron chi connectivity index (χ2n) is 3.31. The van der Waals surface area contributed by atoms with Gasteiger partial charge in [-0.3, -0.25) is 4.79 Å². The molecule has 18 heavy (non-hydrogen) atoms. The normalized spacial score (nSPS) is 10.6. The van der Waals surface area contributed by atoms with Gasteiger partial charge in [0.15, 0.2) is 0 Å². The summed E-state index contributed by atoms with van der Waals surface area (Å²) in [6.07, 6.45) is -3.37. The highest BCUT2D eigenvalue weighted by atomic mass is 19.3. The number of esters is 1. The summed E-state index contributed by atoms with van der Waals surface area (Å²) < 4.78 is 48.0. The lowest BCUT2D eigenvalue weighted by Gasteiger charge is -2.12. The lowest BCUT2D eigenvalue weighted by molar-refractivity contribution is -0.142. The third-order valence-corrected chi connectivity index (χ3v) is 2.13. The van der Waals surface area contributed by atoms with Gasteiger partial charge in [-0.15, -0.1) is 0 Å². The van der Waals surface area contributed by atoms with Gasteiger partial charge >= 0.3 is 5.97 Å². The van der Waals surface area contributed by atoms with Gasteiger partial charge in [0.25, 0.3) is 6.43 Å². The Hall–Kier alpha value is -1.79. The predicted molar refractivity (Wildman–Crippen MR) is 56.0 cm³/mol. The molecule has 100 valence electrons. The number of halogens is 3. The highest BCUT2D eigenvalue weighted by Gasteiger charge is 2.23. The van der Waals surface area contributed by atoms with E-state index < -0.39 is 36.2 Å². The molecule has 0 atom stereocenters. The van der Waals surface area contributed by atoms with E-state index in [9.17, 15) is 18.0 Å². The van der Waals surface area contributed by atoms with E-state index in [0.29, 0.717) is 0 Å². The van der Waals surface area contributed by atoms with Crippen molar-refractivity contribution >= 4 is 5.97 Å². The van der Waals surface area contributed by atoms with Crippen LogP contribution >= 0.6 is 0 Å². The summed E-state index contributed by atoms with van der Waals surface area (Å²) in [5.74, 6) is -2.23. The largest absolute Gasteiger partial charge is 0.481 e. The number of ether oxygens (including phenoxy) is 2. The average molecular weight is 263 g/mol. The van der Waals surface area contributed by atoms with E-state index in [1.54, 1.807) is 6.92 Å². The lowest BCUT2D eigenvalue weighted by Crippen LogP contribution is -2.11. The summed E-state index contributed by atoms with van der Waals surface area (Å²) in [6.45, 7) is 1.70. The Morgan fingerprint density at radius 1 is 1.50 bits per heavy atom. The van der Waals surface area contributed by atoms with Crippen LogP contribution in [0.3, 0.4) is 0 Å². The van der Waals surface area contributed by atoms with Crippen molar-refractivity contribution in [3.8, 4) is 5.88 Å². The molecule has 0 aromatic carbocycles. The molecule has 1 heterocycles. The predicted octanol–water partition coefficient (Wildman–Crippen LogP) is 2.27. The SMILES string of the molecule is CCOC(=O)Cc1cc(F)nc(OC)c1C(F)F. The van der Waals surface area contributed by atoms with Crippen LogP contribution in [0.1, 0.15) is 24.5 Å². The van der Waals surface area contributed by atoms with E-state index in [2.05, 4.69) is 14.5 Å². The third-order valence-electron chi connectivity index (χ3n) is 2.13. The molecule has 0 N–H and O–H groups in total. The monoisotopic (exact) mass is 263 g/mol. The van der Waals surface area contributed by atoms with Gasteiger partial charge in [0, 0.05) is 0 Å². The highest BCUT2D eigenvalue weighted by molar-refractivity contribution is 5.73. The average Bonchev–Trinajstić information content (AvgIpc) is 2.27. The van der Waals surface area contributed by atoms with Gasteiger partial charge in [-0.25, -0.2) is 8.78 Å². The number of methoxy groups -OCH3 is 1. The Morgan fingerprint density at radius 3 is 2.67 bits per heavy atom. The minimum Gasteiger partial charge on any atom is -0.481 e. The molecule has 0 fully saturated rings. The van der Waals surface area contributed by atoms with Gasteiger partial charge < -0.3 is 9.47 Å². The van der Waals surface area contributed by atoms with Crippen molar-refractivity contribution in [2.45, 2.75) is 19.8 Å². The van der Waals surface area contributed by atoms with E-state index in [1.165, 1.54) is 0 Å². The van der Waals surface area contributed by atoms with Crippen molar-refractivity contribution in [3.63, 3.8) is 0 Å². The minimum atomic E-state index is -2.92. The third kappa shape index (κ3) is 3.35. The van der Waals surface area contributed by atoms with Crippen LogP contribution in [0, 0.1) is 5.95 Å². The zero-order valence-electron chi connectivity index (χ0n) is 9.87. The van der Waals surface area contributed by atoms with Crippen LogP contribution in [-0.2, 0) is 16.0 Å². The fourth-order valence-electron chi connectivity index (χ4n) is 1.45. The number of aromatic nitrogens is 1. The summed E-state index contributed by atoms with van der Waals surface area (Å²) in [4.78, 5) is 14.5. The standard InChI is InChI=1S/C11H12F3NO3/c1-3-18-8(16)5-6-4-7(12)15-11(17-2)9(6)10(13)14/h4,10H,3,5H2,1-2H3. The molecule has 1 rings (SSSR count). The molecule has 4 nitrogen and oxygen atoms in total. The first-order chi connectivity index (χ1) is 8.49. The number of hydrogen-bond donors (Lipinski definition) is 0. The van der Waals surface area contributed by atoms with Crippen molar-refractivity contribution in [1.82, 2.24) is 4.98 Å². The van der Waals surface area contributed by atoms with Crippen molar-refractivity contribution in [2.75, 3.05) is 13.7 Å². The van der Waals surface area contributed by atoms with Crippen LogP contribution in [0.4, 0.5) is 13.2 Å². The van der Waals surface area contributed by atoms with Gasteiger partial charge in [-0.1, -0.05) is 0 Å². The molecule has 0 radical (unpaired) electrons. The molecule has 0 aliphatic rings. The molecular formula is C11H12F3NO3. The first-order valence-corrected chi connectivity index (χ1v) is 5.16. The van der Waals surface area contributed by atoms with Crippen molar-refractivity contribution < 1.29 is 27.4 Å². The maximum Gasteiger partial charge on any atom is 0.310 e. The number of rotatable bonds is 5. The molecule has 0 saturated heterocycles. The topological polar surface area (TPSA) is 48.4 Å². The Morgan fingerprint density at radius 2 is 2.17 bits per heavy atom. The molecule has 0 unspecified atom stereocenters. The van der Waals surface area contributed by atoms with E-state index in [1.807, 2.05) is 0 Å². The van der Waals surface area contributed by atoms with Crippen molar-refractivity contribution in [1.29, 1.82) is 0 Å². The zero-order chi connectivity index (χ0) is 13.7. The second-order valence-corrected chi connectivity index (χ2v) is 3.31. The molecule has 0 amide bonds. The van der Waals surface area contributed by atoms with Crippen LogP contribution in [0.5, 0.6) is 5.88 Å². The molecule has 7 heteroatoms. The van der Waals surface area contributed by atoms with E-state index in [4.69, 9.17) is 0 Å². The maximum atomic E-state index is 13.1. The van der Waals surface area contributed by atoms with Crippen molar-refractivity contribution in [3.05, 3.63) is 23.1 Å². The number of carbonyl (C=O) groups excluding carboxylic acids is 1. The first kappa shape index (κ1) is 14.3. The molecule has 0 saturated carbocycles. The van der Waals surface area contributed by atoms with E-state index in [0.717, 1.165) is 13.2 Å². The summed E-state index contributed by atoms with van der Waals surface area (Å²) in [6, 6.07) is 0.779. The summed E-state index contributed by atoms with van der Waals surface area (Å²) >= 11 is 0. The second kappa shape index (κ2) is 6.23. The number of carbonyl (C=O) groups is 1. The molecule has 0 aliphatic heterocycles. The molecule has 0 bridgehead atoms. The Balaban J connectivity index is 3.15. The van der Waals surface area contributed by atoms with Crippen LogP contribution in [0.2, 0.25) is 0 Å². The molecule has 1 aromatic rings. The van der Waals surface area contributed by atoms with Crippen LogP contribution in [0.25, 0.3) is 0 Å². The maximum absolute atomic E-state index is 13.1. The van der Waals surface area contributed by atoms with Crippen LogP contribution < -0.4 is 4.74 Å². The summed E-state index contributed by atoms with van der Waals surface area (Å²) in [5.41, 5.74) is -0.778. The Kier molecular flexibility index (Phi) is 4.94. The van der Waals surface area contributed by atoms with Crippen molar-refractivity contribution in [2.24, 2.45) is 0 Å². The van der Waals surface area contributed by atoms with Gasteiger partial charge in [-0.2, -0.15) is 9.37 Å². The smallest absolute Gasteiger partial charge is 0.310 e. The molecular weight excluding hydrogens is 251 g/mol. The number of pyridine rings is 1. The number of hydrogen-bond acceptors (Lipinski definition) is 4. The van der Waals surface area contributed by atoms with Crippen LogP contribution in [-0.4, -0.2) is 24.7 Å². The summed E-state index contributed by atoms with van der Waals surface area (Å²) in [7, 11) is 1.10. The molecule has 1 aromatic heterocycles.